The molecule has 53 heavy (non-hydrogen) atoms. The molecule has 0 spiro atoms. The van der Waals surface area contributed by atoms with E-state index >= 15 is 4.79 Å². The Morgan fingerprint density at radius 1 is 0.962 bits per heavy atom. The van der Waals surface area contributed by atoms with E-state index in [2.05, 4.69) is 31.0 Å². The Balaban J connectivity index is 1.35. The molecule has 3 aromatic rings. The smallest absolute Gasteiger partial charge is 0.257 e. The molecule has 0 aromatic heterocycles. The van der Waals surface area contributed by atoms with Crippen molar-refractivity contribution in [3.05, 3.63) is 100 Å². The molecule has 0 aliphatic carbocycles. The minimum Gasteiger partial charge on any atom is -0.507 e. The van der Waals surface area contributed by atoms with Gasteiger partial charge in [-0.15, -0.1) is 0 Å². The first-order chi connectivity index (χ1) is 25.2. The molecule has 5 atom stereocenters. The van der Waals surface area contributed by atoms with Gasteiger partial charge in [-0.1, -0.05) is 48.9 Å². The monoisotopic (exact) mass is 749 g/mol. The second-order valence-electron chi connectivity index (χ2n) is 15.8. The molecule has 9 nitrogen and oxygen atoms in total. The summed E-state index contributed by atoms with van der Waals surface area (Å²) in [5, 5.41) is 14.7. The number of benzene rings is 3. The van der Waals surface area contributed by atoms with E-state index in [1.807, 2.05) is 31.2 Å². The standard InChI is InChI=1S/C41H50ClF2N5O4/c1-26(19-28-11-14-30(43)20-35(28)44)22-48(38(51)32-7-5-6-8-37(32)50)31-21-36(40(53)46-17-15-45-16-18-46)49(23-31)39(52)34-25-47(41(2,3)4)24-33(34)27-9-12-29(42)13-10-27/h5-14,20,26,31,33-34,36,45,50H,15-19,21-25H2,1-4H3/t26?,31-,33-,34+,36-/m0/s1. The molecule has 2 N–H and O–H groups in total. The molecule has 3 aliphatic heterocycles. The largest absolute Gasteiger partial charge is 0.507 e. The van der Waals surface area contributed by atoms with Crippen LogP contribution in [-0.4, -0.2) is 112 Å². The van der Waals surface area contributed by atoms with Gasteiger partial charge in [0, 0.05) is 74.9 Å². The molecule has 3 heterocycles. The molecule has 12 heteroatoms. The Labute approximate surface area is 315 Å². The maximum atomic E-state index is 15.0. The SMILES string of the molecule is CC(Cc1ccc(F)cc1F)CN(C(=O)c1ccccc1O)[C@H]1C[C@@H](C(=O)N2CCNCC2)N(C(=O)[C@@H]2CN(C(C)(C)C)C[C@H]2c2ccc(Cl)cc2)C1. The molecule has 0 saturated carbocycles. The van der Waals surface area contributed by atoms with Crippen molar-refractivity contribution in [2.24, 2.45) is 11.8 Å². The van der Waals surface area contributed by atoms with Crippen LogP contribution in [0.15, 0.2) is 66.7 Å². The zero-order chi connectivity index (χ0) is 38.0. The summed E-state index contributed by atoms with van der Waals surface area (Å²) in [6, 6.07) is 16.0. The van der Waals surface area contributed by atoms with Crippen LogP contribution in [0, 0.1) is 23.5 Å². The highest BCUT2D eigenvalue weighted by atomic mass is 35.5. The van der Waals surface area contributed by atoms with Gasteiger partial charge >= 0.3 is 0 Å². The van der Waals surface area contributed by atoms with Gasteiger partial charge in [0.05, 0.1) is 17.5 Å². The molecule has 3 aliphatic rings. The van der Waals surface area contributed by atoms with Gasteiger partial charge in [-0.2, -0.15) is 0 Å². The Morgan fingerprint density at radius 3 is 2.32 bits per heavy atom. The Kier molecular flexibility index (Phi) is 11.8. The quantitative estimate of drug-likeness (QED) is 0.298. The summed E-state index contributed by atoms with van der Waals surface area (Å²) in [6.07, 6.45) is 0.440. The molecule has 3 fully saturated rings. The molecule has 284 valence electrons. The molecule has 0 radical (unpaired) electrons. The van der Waals surface area contributed by atoms with Gasteiger partial charge in [-0.3, -0.25) is 19.3 Å². The number of piperazine rings is 1. The van der Waals surface area contributed by atoms with Crippen molar-refractivity contribution in [3.63, 3.8) is 0 Å². The van der Waals surface area contributed by atoms with Crippen LogP contribution in [-0.2, 0) is 16.0 Å². The number of hydrogen-bond donors (Lipinski definition) is 2. The number of hydrogen-bond acceptors (Lipinski definition) is 6. The second-order valence-corrected chi connectivity index (χ2v) is 16.3. The maximum absolute atomic E-state index is 15.0. The predicted octanol–water partition coefficient (Wildman–Crippen LogP) is 5.56. The van der Waals surface area contributed by atoms with E-state index in [9.17, 15) is 23.5 Å². The van der Waals surface area contributed by atoms with Crippen LogP contribution in [0.3, 0.4) is 0 Å². The molecular weight excluding hydrogens is 700 g/mol. The number of phenols is 1. The number of halogens is 3. The van der Waals surface area contributed by atoms with E-state index in [4.69, 9.17) is 11.6 Å². The van der Waals surface area contributed by atoms with E-state index in [1.165, 1.54) is 18.2 Å². The summed E-state index contributed by atoms with van der Waals surface area (Å²) in [5.74, 6) is -3.12. The molecule has 1 unspecified atom stereocenters. The third kappa shape index (κ3) is 8.68. The lowest BCUT2D eigenvalue weighted by Gasteiger charge is -2.34. The van der Waals surface area contributed by atoms with Gasteiger partial charge < -0.3 is 25.1 Å². The Morgan fingerprint density at radius 2 is 1.66 bits per heavy atom. The Hall–Kier alpha value is -4.06. The van der Waals surface area contributed by atoms with E-state index in [0.29, 0.717) is 49.9 Å². The highest BCUT2D eigenvalue weighted by Crippen LogP contribution is 2.40. The van der Waals surface area contributed by atoms with Crippen molar-refractivity contribution < 1.29 is 28.3 Å². The lowest BCUT2D eigenvalue weighted by atomic mass is 9.88. The molecule has 6 rings (SSSR count). The van der Waals surface area contributed by atoms with E-state index < -0.39 is 35.5 Å². The number of likely N-dealkylation sites (tertiary alicyclic amines) is 2. The summed E-state index contributed by atoms with van der Waals surface area (Å²) in [6.45, 7) is 12.0. The summed E-state index contributed by atoms with van der Waals surface area (Å²) >= 11 is 6.26. The molecule has 0 bridgehead atoms. The van der Waals surface area contributed by atoms with Crippen LogP contribution in [0.25, 0.3) is 0 Å². The zero-order valence-corrected chi connectivity index (χ0v) is 31.7. The van der Waals surface area contributed by atoms with Crippen LogP contribution in [0.2, 0.25) is 5.02 Å². The van der Waals surface area contributed by atoms with Gasteiger partial charge in [0.15, 0.2) is 0 Å². The van der Waals surface area contributed by atoms with E-state index in [1.54, 1.807) is 32.9 Å². The Bertz CT molecular complexity index is 1800. The minimum atomic E-state index is -0.801. The lowest BCUT2D eigenvalue weighted by molar-refractivity contribution is -0.146. The molecule has 3 aromatic carbocycles. The number of amides is 3. The summed E-state index contributed by atoms with van der Waals surface area (Å²) in [5.41, 5.74) is 1.21. The fourth-order valence-corrected chi connectivity index (χ4v) is 8.27. The van der Waals surface area contributed by atoms with Gasteiger partial charge in [-0.05, 0) is 81.0 Å². The average Bonchev–Trinajstić information content (AvgIpc) is 3.78. The first-order valence-corrected chi connectivity index (χ1v) is 18.9. The highest BCUT2D eigenvalue weighted by molar-refractivity contribution is 6.30. The van der Waals surface area contributed by atoms with Crippen LogP contribution in [0.1, 0.15) is 61.5 Å². The van der Waals surface area contributed by atoms with E-state index in [0.717, 1.165) is 11.6 Å². The van der Waals surface area contributed by atoms with Gasteiger partial charge in [0.1, 0.15) is 23.4 Å². The second kappa shape index (κ2) is 16.1. The third-order valence-electron chi connectivity index (χ3n) is 11.1. The van der Waals surface area contributed by atoms with Crippen molar-refractivity contribution >= 4 is 29.3 Å². The number of aromatic hydroxyl groups is 1. The topological polar surface area (TPSA) is 96.4 Å². The summed E-state index contributed by atoms with van der Waals surface area (Å²) in [4.78, 5) is 51.3. The summed E-state index contributed by atoms with van der Waals surface area (Å²) in [7, 11) is 0. The lowest BCUT2D eigenvalue weighted by Crippen LogP contribution is -2.54. The maximum Gasteiger partial charge on any atom is 0.257 e. The first-order valence-electron chi connectivity index (χ1n) is 18.5. The van der Waals surface area contributed by atoms with Crippen molar-refractivity contribution in [2.45, 2.75) is 64.1 Å². The predicted molar refractivity (Wildman–Crippen MR) is 201 cm³/mol. The minimum absolute atomic E-state index is 0.0989. The first kappa shape index (κ1) is 38.7. The normalized spacial score (nSPS) is 22.9. The van der Waals surface area contributed by atoms with Gasteiger partial charge in [0.25, 0.3) is 5.91 Å². The van der Waals surface area contributed by atoms with Crippen molar-refractivity contribution in [1.82, 2.24) is 24.9 Å². The highest BCUT2D eigenvalue weighted by Gasteiger charge is 2.50. The van der Waals surface area contributed by atoms with Crippen molar-refractivity contribution in [3.8, 4) is 5.75 Å². The van der Waals surface area contributed by atoms with Crippen molar-refractivity contribution in [1.29, 1.82) is 0 Å². The number of rotatable bonds is 9. The van der Waals surface area contributed by atoms with Gasteiger partial charge in [0.2, 0.25) is 11.8 Å². The van der Waals surface area contributed by atoms with E-state index in [-0.39, 0.29) is 66.4 Å². The number of phenolic OH excluding ortho intramolecular Hbond substituents is 1. The molecule has 3 saturated heterocycles. The number of para-hydroxylation sites is 1. The van der Waals surface area contributed by atoms with Gasteiger partial charge in [-0.25, -0.2) is 8.78 Å². The number of nitrogens with one attached hydrogen (secondary N) is 1. The van der Waals surface area contributed by atoms with Crippen LogP contribution < -0.4 is 5.32 Å². The summed E-state index contributed by atoms with van der Waals surface area (Å²) < 4.78 is 28.5. The number of carbonyl (C=O) groups excluding carboxylic acids is 3. The average molecular weight is 750 g/mol. The van der Waals surface area contributed by atoms with Crippen LogP contribution in [0.4, 0.5) is 8.78 Å². The zero-order valence-electron chi connectivity index (χ0n) is 30.9. The molecular formula is C41H50ClF2N5O4. The molecule has 3 amide bonds. The third-order valence-corrected chi connectivity index (χ3v) is 11.3. The fraction of sp³-hybridized carbons (Fsp3) is 0.488. The number of carbonyl (C=O) groups is 3. The number of nitrogens with zero attached hydrogens (tertiary/aromatic N) is 4. The fourth-order valence-electron chi connectivity index (χ4n) is 8.15. The van der Waals surface area contributed by atoms with Crippen molar-refractivity contribution in [2.75, 3.05) is 52.4 Å². The van der Waals surface area contributed by atoms with Crippen LogP contribution >= 0.6 is 11.6 Å². The van der Waals surface area contributed by atoms with Crippen LogP contribution in [0.5, 0.6) is 5.75 Å².